The summed E-state index contributed by atoms with van der Waals surface area (Å²) in [6, 6.07) is 4.86. The van der Waals surface area contributed by atoms with Crippen LogP contribution in [0, 0.1) is 5.82 Å². The predicted molar refractivity (Wildman–Crippen MR) is 89.0 cm³/mol. The summed E-state index contributed by atoms with van der Waals surface area (Å²) in [6.07, 6.45) is 1.81. The van der Waals surface area contributed by atoms with E-state index in [0.29, 0.717) is 4.47 Å². The third-order valence-corrected chi connectivity index (χ3v) is 5.33. The van der Waals surface area contributed by atoms with Gasteiger partial charge in [0.05, 0.1) is 10.0 Å². The zero-order valence-corrected chi connectivity index (χ0v) is 15.0. The van der Waals surface area contributed by atoms with Crippen LogP contribution in [0.4, 0.5) is 4.39 Å². The molecule has 21 heavy (non-hydrogen) atoms. The van der Waals surface area contributed by atoms with Crippen molar-refractivity contribution < 1.29 is 9.18 Å². The maximum Gasteiger partial charge on any atom is 0.157 e. The summed E-state index contributed by atoms with van der Waals surface area (Å²) < 4.78 is 14.0. The molecule has 0 aliphatic rings. The highest BCUT2D eigenvalue weighted by Gasteiger charge is 2.38. The number of rotatable bonds is 8. The molecule has 0 aliphatic heterocycles. The standard InChI is InChI=1S/C17H25BrFNO/c1-5-17(6-2,20(7-3)8-4)15(21)12-13-10-9-11-14(19)16(13)18/h9-11H,5-8,12H2,1-4H3. The zero-order chi connectivity index (χ0) is 16.0. The highest BCUT2D eigenvalue weighted by Crippen LogP contribution is 2.29. The minimum Gasteiger partial charge on any atom is -0.297 e. The van der Waals surface area contributed by atoms with Crippen LogP contribution in [0.2, 0.25) is 0 Å². The highest BCUT2D eigenvalue weighted by atomic mass is 79.9. The summed E-state index contributed by atoms with van der Waals surface area (Å²) in [5.41, 5.74) is 0.272. The van der Waals surface area contributed by atoms with Crippen LogP contribution in [-0.2, 0) is 11.2 Å². The van der Waals surface area contributed by atoms with Crippen LogP contribution < -0.4 is 0 Å². The number of carbonyl (C=O) groups excluding carboxylic acids is 1. The van der Waals surface area contributed by atoms with E-state index in [9.17, 15) is 9.18 Å². The molecule has 1 aromatic carbocycles. The average Bonchev–Trinajstić information content (AvgIpc) is 2.49. The first-order valence-electron chi connectivity index (χ1n) is 7.67. The molecular weight excluding hydrogens is 333 g/mol. The molecule has 0 amide bonds. The van der Waals surface area contributed by atoms with Crippen LogP contribution in [0.25, 0.3) is 0 Å². The van der Waals surface area contributed by atoms with E-state index in [-0.39, 0.29) is 18.0 Å². The van der Waals surface area contributed by atoms with E-state index < -0.39 is 5.54 Å². The van der Waals surface area contributed by atoms with Gasteiger partial charge in [-0.3, -0.25) is 9.69 Å². The van der Waals surface area contributed by atoms with Crippen molar-refractivity contribution in [2.75, 3.05) is 13.1 Å². The van der Waals surface area contributed by atoms with E-state index >= 15 is 0 Å². The Morgan fingerprint density at radius 3 is 2.24 bits per heavy atom. The fraction of sp³-hybridized carbons (Fsp3) is 0.588. The largest absolute Gasteiger partial charge is 0.297 e. The number of halogens is 2. The predicted octanol–water partition coefficient (Wildman–Crippen LogP) is 4.60. The second-order valence-corrected chi connectivity index (χ2v) is 6.02. The monoisotopic (exact) mass is 357 g/mol. The Labute approximate surface area is 135 Å². The summed E-state index contributed by atoms with van der Waals surface area (Å²) in [6.45, 7) is 9.95. The minimum absolute atomic E-state index is 0.169. The number of benzene rings is 1. The Balaban J connectivity index is 3.10. The van der Waals surface area contributed by atoms with Crippen molar-refractivity contribution in [1.29, 1.82) is 0 Å². The van der Waals surface area contributed by atoms with Crippen LogP contribution in [0.1, 0.15) is 46.1 Å². The molecule has 0 spiro atoms. The van der Waals surface area contributed by atoms with Crippen LogP contribution in [-0.4, -0.2) is 29.3 Å². The zero-order valence-electron chi connectivity index (χ0n) is 13.4. The van der Waals surface area contributed by atoms with Crippen LogP contribution in [0.3, 0.4) is 0 Å². The second-order valence-electron chi connectivity index (χ2n) is 5.22. The van der Waals surface area contributed by atoms with Crippen LogP contribution >= 0.6 is 15.9 Å². The molecule has 1 rings (SSSR count). The van der Waals surface area contributed by atoms with Gasteiger partial charge in [0.15, 0.2) is 5.78 Å². The lowest BCUT2D eigenvalue weighted by molar-refractivity contribution is -0.131. The first-order chi connectivity index (χ1) is 9.96. The second kappa shape index (κ2) is 8.04. The molecule has 0 fully saturated rings. The summed E-state index contributed by atoms with van der Waals surface area (Å²) in [4.78, 5) is 15.2. The number of hydrogen-bond donors (Lipinski definition) is 0. The molecule has 2 nitrogen and oxygen atoms in total. The third kappa shape index (κ3) is 3.72. The molecule has 0 heterocycles. The van der Waals surface area contributed by atoms with E-state index in [4.69, 9.17) is 0 Å². The topological polar surface area (TPSA) is 20.3 Å². The van der Waals surface area contributed by atoms with Crippen molar-refractivity contribution in [1.82, 2.24) is 4.90 Å². The Bertz CT molecular complexity index is 482. The van der Waals surface area contributed by atoms with E-state index in [1.165, 1.54) is 6.07 Å². The maximum atomic E-state index is 13.6. The summed E-state index contributed by atoms with van der Waals surface area (Å²) in [5.74, 6) is -0.149. The average molecular weight is 358 g/mol. The molecule has 0 radical (unpaired) electrons. The van der Waals surface area contributed by atoms with Crippen LogP contribution in [0.5, 0.6) is 0 Å². The fourth-order valence-electron chi connectivity index (χ4n) is 3.12. The minimum atomic E-state index is -0.449. The first kappa shape index (κ1) is 18.3. The van der Waals surface area contributed by atoms with Gasteiger partial charge in [-0.1, -0.05) is 39.8 Å². The van der Waals surface area contributed by atoms with Crippen molar-refractivity contribution in [2.45, 2.75) is 52.5 Å². The van der Waals surface area contributed by atoms with Gasteiger partial charge in [-0.25, -0.2) is 4.39 Å². The molecule has 0 aliphatic carbocycles. The van der Waals surface area contributed by atoms with Crippen molar-refractivity contribution >= 4 is 21.7 Å². The van der Waals surface area contributed by atoms with Gasteiger partial charge in [-0.2, -0.15) is 0 Å². The maximum absolute atomic E-state index is 13.6. The summed E-state index contributed by atoms with van der Waals surface area (Å²) >= 11 is 3.25. The molecular formula is C17H25BrFNO. The molecule has 1 aromatic rings. The molecule has 118 valence electrons. The molecule has 0 atom stereocenters. The lowest BCUT2D eigenvalue weighted by Gasteiger charge is -2.41. The van der Waals surface area contributed by atoms with E-state index in [1.54, 1.807) is 6.07 Å². The van der Waals surface area contributed by atoms with E-state index in [0.717, 1.165) is 31.5 Å². The number of hydrogen-bond acceptors (Lipinski definition) is 2. The van der Waals surface area contributed by atoms with Gasteiger partial charge in [0, 0.05) is 6.42 Å². The molecule has 0 saturated heterocycles. The number of nitrogens with zero attached hydrogens (tertiary/aromatic N) is 1. The number of likely N-dealkylation sites (N-methyl/N-ethyl adjacent to an activating group) is 1. The van der Waals surface area contributed by atoms with Crippen molar-refractivity contribution in [3.8, 4) is 0 Å². The molecule has 0 bridgehead atoms. The Morgan fingerprint density at radius 1 is 1.19 bits per heavy atom. The molecule has 0 aromatic heterocycles. The van der Waals surface area contributed by atoms with Crippen LogP contribution in [0.15, 0.2) is 22.7 Å². The van der Waals surface area contributed by atoms with Crippen molar-refractivity contribution in [2.24, 2.45) is 0 Å². The lowest BCUT2D eigenvalue weighted by Crippen LogP contribution is -2.54. The van der Waals surface area contributed by atoms with Gasteiger partial charge in [0.1, 0.15) is 5.82 Å². The normalized spacial score (nSPS) is 12.0. The third-order valence-electron chi connectivity index (χ3n) is 4.44. The van der Waals surface area contributed by atoms with E-state index in [2.05, 4.69) is 48.5 Å². The Hall–Kier alpha value is -0.740. The number of carbonyl (C=O) groups is 1. The summed E-state index contributed by atoms with van der Waals surface area (Å²) in [7, 11) is 0. The van der Waals surface area contributed by atoms with Gasteiger partial charge >= 0.3 is 0 Å². The first-order valence-corrected chi connectivity index (χ1v) is 8.47. The van der Waals surface area contributed by atoms with Gasteiger partial charge in [0.25, 0.3) is 0 Å². The quantitative estimate of drug-likeness (QED) is 0.677. The molecule has 0 unspecified atom stereocenters. The lowest BCUT2D eigenvalue weighted by atomic mass is 9.83. The van der Waals surface area contributed by atoms with E-state index in [1.807, 2.05) is 6.07 Å². The van der Waals surface area contributed by atoms with Gasteiger partial charge in [-0.05, 0) is 53.5 Å². The van der Waals surface area contributed by atoms with Crippen molar-refractivity contribution in [3.05, 3.63) is 34.1 Å². The van der Waals surface area contributed by atoms with Gasteiger partial charge in [0.2, 0.25) is 0 Å². The van der Waals surface area contributed by atoms with Crippen molar-refractivity contribution in [3.63, 3.8) is 0 Å². The SMILES string of the molecule is CCN(CC)C(CC)(CC)C(=O)Cc1cccc(F)c1Br. The number of Topliss-reactive ketones (excluding diaryl/α,β-unsaturated/α-hetero) is 1. The Kier molecular flexibility index (Phi) is 7.01. The fourth-order valence-corrected chi connectivity index (χ4v) is 3.52. The Morgan fingerprint density at radius 2 is 1.76 bits per heavy atom. The molecule has 0 saturated carbocycles. The molecule has 0 N–H and O–H groups in total. The highest BCUT2D eigenvalue weighted by molar-refractivity contribution is 9.10. The van der Waals surface area contributed by atoms with Gasteiger partial charge < -0.3 is 0 Å². The smallest absolute Gasteiger partial charge is 0.157 e. The molecule has 4 heteroatoms. The number of ketones is 1. The summed E-state index contributed by atoms with van der Waals surface area (Å²) in [5, 5.41) is 0. The van der Waals surface area contributed by atoms with Gasteiger partial charge in [-0.15, -0.1) is 0 Å².